The lowest BCUT2D eigenvalue weighted by molar-refractivity contribution is -0.144. The molecular formula is C10H20Cl2FN3O2. The van der Waals surface area contributed by atoms with Crippen LogP contribution >= 0.6 is 24.8 Å². The van der Waals surface area contributed by atoms with Gasteiger partial charge in [0.05, 0.1) is 5.84 Å². The monoisotopic (exact) mass is 303 g/mol. The van der Waals surface area contributed by atoms with Crippen LogP contribution in [-0.2, 0) is 4.79 Å². The van der Waals surface area contributed by atoms with Gasteiger partial charge in [-0.05, 0) is 19.8 Å². The second kappa shape index (κ2) is 11.3. The van der Waals surface area contributed by atoms with Crippen molar-refractivity contribution < 1.29 is 14.3 Å². The Labute approximate surface area is 118 Å². The van der Waals surface area contributed by atoms with Crippen molar-refractivity contribution in [3.8, 4) is 0 Å². The smallest absolute Gasteiger partial charge is 0.326 e. The van der Waals surface area contributed by atoms with Gasteiger partial charge in [0.2, 0.25) is 0 Å². The van der Waals surface area contributed by atoms with Crippen LogP contribution in [0.5, 0.6) is 0 Å². The van der Waals surface area contributed by atoms with Gasteiger partial charge in [-0.15, -0.1) is 24.8 Å². The van der Waals surface area contributed by atoms with Crippen LogP contribution in [0, 0.1) is 5.41 Å². The first-order valence-electron chi connectivity index (χ1n) is 4.94. The standard InChI is InChI=1S/C10H18FN3O2.2ClH/c1-8(12)14-6-4-2-3-5-10(13,7-11)9(15)16;;/h2,4H,3,5-7,13H2,1H3,(H2,12,14)(H,15,16);2*1H/b4-2-;;/t10-;;/m1../s1. The Morgan fingerprint density at radius 3 is 2.44 bits per heavy atom. The third-order valence-corrected chi connectivity index (χ3v) is 2.07. The van der Waals surface area contributed by atoms with E-state index in [0.29, 0.717) is 18.8 Å². The second-order valence-electron chi connectivity index (χ2n) is 3.61. The Morgan fingerprint density at radius 1 is 1.50 bits per heavy atom. The first-order chi connectivity index (χ1) is 7.42. The number of aliphatic carboxylic acids is 1. The van der Waals surface area contributed by atoms with E-state index in [-0.39, 0.29) is 31.2 Å². The van der Waals surface area contributed by atoms with Gasteiger partial charge in [-0.25, -0.2) is 4.39 Å². The molecule has 0 amide bonds. The van der Waals surface area contributed by atoms with E-state index >= 15 is 0 Å². The van der Waals surface area contributed by atoms with E-state index in [9.17, 15) is 9.18 Å². The summed E-state index contributed by atoms with van der Waals surface area (Å²) in [5.74, 6) is -0.969. The van der Waals surface area contributed by atoms with E-state index in [1.165, 1.54) is 0 Å². The zero-order valence-corrected chi connectivity index (χ0v) is 11.7. The Hall–Kier alpha value is -0.850. The molecule has 18 heavy (non-hydrogen) atoms. The average Bonchev–Trinajstić information content (AvgIpc) is 2.22. The lowest BCUT2D eigenvalue weighted by atomic mass is 9.96. The van der Waals surface area contributed by atoms with Crippen LogP contribution in [0.25, 0.3) is 0 Å². The van der Waals surface area contributed by atoms with Crippen molar-refractivity contribution in [2.24, 2.45) is 5.73 Å². The maximum Gasteiger partial charge on any atom is 0.326 e. The van der Waals surface area contributed by atoms with Gasteiger partial charge in [-0.2, -0.15) is 0 Å². The molecular weight excluding hydrogens is 284 g/mol. The number of carboxylic acid groups (broad SMARTS) is 1. The maximum atomic E-state index is 12.4. The Kier molecular flexibility index (Phi) is 14.0. The highest BCUT2D eigenvalue weighted by Crippen LogP contribution is 2.11. The fourth-order valence-electron chi connectivity index (χ4n) is 0.985. The molecule has 0 aromatic rings. The van der Waals surface area contributed by atoms with Gasteiger partial charge >= 0.3 is 5.97 Å². The van der Waals surface area contributed by atoms with E-state index in [2.05, 4.69) is 5.32 Å². The number of hydrogen-bond donors (Lipinski definition) is 4. The normalized spacial score (nSPS) is 13.1. The van der Waals surface area contributed by atoms with Crippen molar-refractivity contribution in [2.75, 3.05) is 13.2 Å². The van der Waals surface area contributed by atoms with Crippen LogP contribution in [0.2, 0.25) is 0 Å². The number of hydrogen-bond acceptors (Lipinski definition) is 3. The van der Waals surface area contributed by atoms with Gasteiger partial charge in [-0.1, -0.05) is 12.2 Å². The van der Waals surface area contributed by atoms with Crippen LogP contribution in [0.15, 0.2) is 12.2 Å². The number of nitrogens with one attached hydrogen (secondary N) is 2. The number of halogens is 3. The summed E-state index contributed by atoms with van der Waals surface area (Å²) in [6.07, 6.45) is 3.92. The number of alkyl halides is 1. The van der Waals surface area contributed by atoms with Crippen LogP contribution in [0.3, 0.4) is 0 Å². The number of amidine groups is 1. The van der Waals surface area contributed by atoms with Gasteiger partial charge in [0, 0.05) is 6.54 Å². The van der Waals surface area contributed by atoms with Crippen LogP contribution in [0.4, 0.5) is 4.39 Å². The molecule has 0 aromatic carbocycles. The van der Waals surface area contributed by atoms with Crippen LogP contribution < -0.4 is 11.1 Å². The fourth-order valence-corrected chi connectivity index (χ4v) is 0.985. The Balaban J connectivity index is -0.00000112. The molecule has 5 nitrogen and oxygen atoms in total. The molecule has 0 aliphatic rings. The van der Waals surface area contributed by atoms with Gasteiger partial charge in [-0.3, -0.25) is 10.2 Å². The Bertz CT molecular complexity index is 290. The van der Waals surface area contributed by atoms with Gasteiger partial charge in [0.25, 0.3) is 0 Å². The molecule has 0 bridgehead atoms. The number of carboxylic acids is 1. The number of allylic oxidation sites excluding steroid dienone is 1. The number of nitrogens with two attached hydrogens (primary N) is 1. The molecule has 0 aliphatic heterocycles. The summed E-state index contributed by atoms with van der Waals surface area (Å²) in [6, 6.07) is 0. The molecule has 0 unspecified atom stereocenters. The molecule has 0 saturated carbocycles. The third kappa shape index (κ3) is 9.21. The number of rotatable bonds is 7. The first kappa shape index (κ1) is 22.3. The zero-order valence-electron chi connectivity index (χ0n) is 10.1. The molecule has 0 saturated heterocycles. The predicted octanol–water partition coefficient (Wildman–Crippen LogP) is 1.50. The van der Waals surface area contributed by atoms with E-state index in [4.69, 9.17) is 16.2 Å². The predicted molar refractivity (Wildman–Crippen MR) is 74.8 cm³/mol. The van der Waals surface area contributed by atoms with Gasteiger partial charge in [0.1, 0.15) is 12.2 Å². The summed E-state index contributed by atoms with van der Waals surface area (Å²) in [4.78, 5) is 10.6. The molecule has 8 heteroatoms. The van der Waals surface area contributed by atoms with Crippen molar-refractivity contribution in [1.29, 1.82) is 5.41 Å². The van der Waals surface area contributed by atoms with E-state index in [0.717, 1.165) is 0 Å². The van der Waals surface area contributed by atoms with Gasteiger partial charge < -0.3 is 16.2 Å². The summed E-state index contributed by atoms with van der Waals surface area (Å²) in [5, 5.41) is 18.5. The van der Waals surface area contributed by atoms with Crippen LogP contribution in [-0.4, -0.2) is 35.7 Å². The molecule has 108 valence electrons. The highest BCUT2D eigenvalue weighted by molar-refractivity contribution is 5.85. The quantitative estimate of drug-likeness (QED) is 0.325. The van der Waals surface area contributed by atoms with Crippen molar-refractivity contribution in [2.45, 2.75) is 25.3 Å². The fraction of sp³-hybridized carbons (Fsp3) is 0.600. The molecule has 0 aliphatic carbocycles. The summed E-state index contributed by atoms with van der Waals surface area (Å²) in [7, 11) is 0. The molecule has 0 spiro atoms. The van der Waals surface area contributed by atoms with E-state index < -0.39 is 18.2 Å². The van der Waals surface area contributed by atoms with E-state index in [1.54, 1.807) is 19.1 Å². The molecule has 0 heterocycles. The lowest BCUT2D eigenvalue weighted by Gasteiger charge is -2.19. The summed E-state index contributed by atoms with van der Waals surface area (Å²) < 4.78 is 12.4. The second-order valence-corrected chi connectivity index (χ2v) is 3.61. The summed E-state index contributed by atoms with van der Waals surface area (Å²) in [6.45, 7) is 1.04. The highest BCUT2D eigenvalue weighted by Gasteiger charge is 2.32. The number of carbonyl (C=O) groups is 1. The largest absolute Gasteiger partial charge is 0.480 e. The third-order valence-electron chi connectivity index (χ3n) is 2.07. The molecule has 5 N–H and O–H groups in total. The molecule has 0 rings (SSSR count). The minimum Gasteiger partial charge on any atom is -0.480 e. The molecule has 0 fully saturated rings. The summed E-state index contributed by atoms with van der Waals surface area (Å²) >= 11 is 0. The minimum atomic E-state index is -1.78. The maximum absolute atomic E-state index is 12.4. The van der Waals surface area contributed by atoms with E-state index in [1.807, 2.05) is 0 Å². The Morgan fingerprint density at radius 2 is 2.06 bits per heavy atom. The van der Waals surface area contributed by atoms with Crippen molar-refractivity contribution in [1.82, 2.24) is 5.32 Å². The topological polar surface area (TPSA) is 99.2 Å². The molecule has 0 radical (unpaired) electrons. The SMILES string of the molecule is CC(=N)NC/C=C\CC[C@@](N)(CF)C(=O)O.Cl.Cl. The van der Waals surface area contributed by atoms with Crippen molar-refractivity contribution in [3.63, 3.8) is 0 Å². The lowest BCUT2D eigenvalue weighted by Crippen LogP contribution is -2.49. The first-order valence-corrected chi connectivity index (χ1v) is 4.94. The summed E-state index contributed by atoms with van der Waals surface area (Å²) in [5.41, 5.74) is 3.56. The van der Waals surface area contributed by atoms with Crippen molar-refractivity contribution in [3.05, 3.63) is 12.2 Å². The highest BCUT2D eigenvalue weighted by atomic mass is 35.5. The molecule has 0 aromatic heterocycles. The van der Waals surface area contributed by atoms with Crippen molar-refractivity contribution >= 4 is 36.6 Å². The zero-order chi connectivity index (χ0) is 12.6. The average molecular weight is 304 g/mol. The minimum absolute atomic E-state index is 0. The molecule has 1 atom stereocenters. The van der Waals surface area contributed by atoms with Gasteiger partial charge in [0.15, 0.2) is 0 Å². The van der Waals surface area contributed by atoms with Crippen LogP contribution in [0.1, 0.15) is 19.8 Å².